The summed E-state index contributed by atoms with van der Waals surface area (Å²) < 4.78 is 0. The first kappa shape index (κ1) is 22.0. The van der Waals surface area contributed by atoms with Crippen LogP contribution in [0.4, 0.5) is 0 Å². The molecule has 1 aromatic rings. The number of nitrogens with one attached hydrogen (secondary N) is 1. The Balaban J connectivity index is 1.44. The first-order valence-corrected chi connectivity index (χ1v) is 11.5. The lowest BCUT2D eigenvalue weighted by molar-refractivity contribution is -0.136. The Kier molecular flexibility index (Phi) is 6.17. The third kappa shape index (κ3) is 4.99. The third-order valence-electron chi connectivity index (χ3n) is 6.84. The van der Waals surface area contributed by atoms with E-state index in [1.807, 2.05) is 12.1 Å². The summed E-state index contributed by atoms with van der Waals surface area (Å²) in [7, 11) is 0. The zero-order valence-corrected chi connectivity index (χ0v) is 18.7. The van der Waals surface area contributed by atoms with Gasteiger partial charge in [-0.3, -0.25) is 24.6 Å². The monoisotopic (exact) mass is 426 g/mol. The van der Waals surface area contributed by atoms with Gasteiger partial charge in [0, 0.05) is 36.7 Å². The van der Waals surface area contributed by atoms with Crippen molar-refractivity contribution in [3.8, 4) is 0 Å². The summed E-state index contributed by atoms with van der Waals surface area (Å²) in [5.74, 6) is -0.740. The van der Waals surface area contributed by atoms with Crippen molar-refractivity contribution in [2.75, 3.05) is 6.54 Å². The number of likely N-dealkylation sites (tertiary alicyclic amines) is 1. The van der Waals surface area contributed by atoms with Crippen molar-refractivity contribution in [2.45, 2.75) is 89.5 Å². The van der Waals surface area contributed by atoms with Crippen molar-refractivity contribution in [3.63, 3.8) is 0 Å². The molecule has 3 heterocycles. The van der Waals surface area contributed by atoms with Gasteiger partial charge in [-0.25, -0.2) is 0 Å². The molecule has 7 nitrogen and oxygen atoms in total. The molecular weight excluding hydrogens is 392 g/mol. The Morgan fingerprint density at radius 1 is 1.16 bits per heavy atom. The van der Waals surface area contributed by atoms with Gasteiger partial charge in [-0.2, -0.15) is 0 Å². The number of hydrogen-bond donors (Lipinski definition) is 2. The highest BCUT2D eigenvalue weighted by molar-refractivity contribution is 6.05. The van der Waals surface area contributed by atoms with E-state index in [1.165, 1.54) is 24.8 Å². The summed E-state index contributed by atoms with van der Waals surface area (Å²) in [5.41, 5.74) is 8.93. The molecule has 0 radical (unpaired) electrons. The normalized spacial score (nSPS) is 25.0. The second-order valence-corrected chi connectivity index (χ2v) is 10.0. The minimum absolute atomic E-state index is 0.114. The Morgan fingerprint density at radius 3 is 2.71 bits per heavy atom. The van der Waals surface area contributed by atoms with Crippen molar-refractivity contribution in [3.05, 3.63) is 34.9 Å². The minimum atomic E-state index is -0.563. The molecule has 2 saturated heterocycles. The lowest BCUT2D eigenvalue weighted by Crippen LogP contribution is -2.52. The van der Waals surface area contributed by atoms with Crippen LogP contribution in [0.25, 0.3) is 0 Å². The van der Waals surface area contributed by atoms with Gasteiger partial charge >= 0.3 is 0 Å². The fourth-order valence-electron chi connectivity index (χ4n) is 5.09. The quantitative estimate of drug-likeness (QED) is 0.681. The zero-order chi connectivity index (χ0) is 22.2. The molecule has 0 spiro atoms. The maximum absolute atomic E-state index is 12.9. The van der Waals surface area contributed by atoms with Gasteiger partial charge in [-0.05, 0) is 69.7 Å². The lowest BCUT2D eigenvalue weighted by Gasteiger charge is -2.37. The van der Waals surface area contributed by atoms with Gasteiger partial charge in [0.1, 0.15) is 6.04 Å². The predicted octanol–water partition coefficient (Wildman–Crippen LogP) is 2.32. The van der Waals surface area contributed by atoms with Crippen molar-refractivity contribution < 1.29 is 14.4 Å². The minimum Gasteiger partial charge on any atom is -0.326 e. The maximum Gasteiger partial charge on any atom is 0.255 e. The van der Waals surface area contributed by atoms with Gasteiger partial charge in [-0.1, -0.05) is 18.6 Å². The van der Waals surface area contributed by atoms with Gasteiger partial charge < -0.3 is 10.6 Å². The molecule has 0 aromatic heterocycles. The van der Waals surface area contributed by atoms with E-state index in [0.29, 0.717) is 24.6 Å². The number of nitrogens with zero attached hydrogens (tertiary/aromatic N) is 2. The van der Waals surface area contributed by atoms with Crippen LogP contribution in [-0.2, 0) is 22.7 Å². The van der Waals surface area contributed by atoms with Crippen molar-refractivity contribution in [2.24, 2.45) is 5.73 Å². The number of benzene rings is 1. The zero-order valence-electron chi connectivity index (χ0n) is 18.7. The topological polar surface area (TPSA) is 95.7 Å². The predicted molar refractivity (Wildman–Crippen MR) is 118 cm³/mol. The van der Waals surface area contributed by atoms with Crippen molar-refractivity contribution >= 4 is 17.7 Å². The van der Waals surface area contributed by atoms with Crippen LogP contribution >= 0.6 is 0 Å². The van der Waals surface area contributed by atoms with E-state index in [1.54, 1.807) is 4.90 Å². The van der Waals surface area contributed by atoms with Gasteiger partial charge in [0.25, 0.3) is 5.91 Å². The SMILES string of the molecule is CC(C)(N)CCC1CCCCN1Cc1ccc2c(c1)CN(C1CCC(=O)NC1=O)C2=O. The molecule has 2 atom stereocenters. The number of rotatable bonds is 6. The summed E-state index contributed by atoms with van der Waals surface area (Å²) in [4.78, 5) is 40.8. The average molecular weight is 427 g/mol. The summed E-state index contributed by atoms with van der Waals surface area (Å²) in [6.07, 6.45) is 6.48. The van der Waals surface area contributed by atoms with Crippen LogP contribution in [-0.4, -0.2) is 51.7 Å². The van der Waals surface area contributed by atoms with Gasteiger partial charge in [-0.15, -0.1) is 0 Å². The van der Waals surface area contributed by atoms with Crippen LogP contribution in [0.1, 0.15) is 80.3 Å². The first-order valence-electron chi connectivity index (χ1n) is 11.5. The van der Waals surface area contributed by atoms with Gasteiger partial charge in [0.05, 0.1) is 0 Å². The summed E-state index contributed by atoms with van der Waals surface area (Å²) in [6.45, 7) is 6.57. The molecule has 4 rings (SSSR count). The van der Waals surface area contributed by atoms with E-state index in [9.17, 15) is 14.4 Å². The second-order valence-electron chi connectivity index (χ2n) is 10.0. The standard InChI is InChI=1S/C24H34N4O3/c1-24(2,25)11-10-18-5-3-4-12-27(18)14-16-6-7-19-17(13-16)15-28(23(19)31)20-8-9-21(29)26-22(20)30/h6-7,13,18,20H,3-5,8-12,14-15,25H2,1-2H3,(H,26,29,30). The smallest absolute Gasteiger partial charge is 0.255 e. The van der Waals surface area contributed by atoms with Gasteiger partial charge in [0.2, 0.25) is 11.8 Å². The van der Waals surface area contributed by atoms with Crippen molar-refractivity contribution in [1.29, 1.82) is 0 Å². The highest BCUT2D eigenvalue weighted by Gasteiger charge is 2.39. The van der Waals surface area contributed by atoms with E-state index in [2.05, 4.69) is 30.1 Å². The molecule has 3 N–H and O–H groups in total. The maximum atomic E-state index is 12.9. The van der Waals surface area contributed by atoms with Crippen LogP contribution in [0.15, 0.2) is 18.2 Å². The van der Waals surface area contributed by atoms with Crippen LogP contribution in [0.5, 0.6) is 0 Å². The third-order valence-corrected chi connectivity index (χ3v) is 6.84. The molecule has 7 heteroatoms. The van der Waals surface area contributed by atoms with Gasteiger partial charge in [0.15, 0.2) is 0 Å². The number of imide groups is 1. The molecular formula is C24H34N4O3. The fourth-order valence-corrected chi connectivity index (χ4v) is 5.09. The van der Waals surface area contributed by atoms with E-state index in [-0.39, 0.29) is 29.7 Å². The molecule has 3 aliphatic rings. The Morgan fingerprint density at radius 2 is 1.97 bits per heavy atom. The molecule has 31 heavy (non-hydrogen) atoms. The van der Waals surface area contributed by atoms with Crippen LogP contribution in [0.3, 0.4) is 0 Å². The summed E-state index contributed by atoms with van der Waals surface area (Å²) in [5, 5.41) is 2.36. The number of carbonyl (C=O) groups excluding carboxylic acids is 3. The Bertz CT molecular complexity index is 876. The fraction of sp³-hybridized carbons (Fsp3) is 0.625. The number of fused-ring (bicyclic) bond motifs is 1. The summed E-state index contributed by atoms with van der Waals surface area (Å²) in [6, 6.07) is 6.06. The molecule has 2 fully saturated rings. The molecule has 1 aromatic carbocycles. The molecule has 3 aliphatic heterocycles. The highest BCUT2D eigenvalue weighted by Crippen LogP contribution is 2.30. The van der Waals surface area contributed by atoms with E-state index >= 15 is 0 Å². The number of nitrogens with two attached hydrogens (primary N) is 1. The molecule has 0 bridgehead atoms. The van der Waals surface area contributed by atoms with Crippen LogP contribution in [0, 0.1) is 0 Å². The summed E-state index contributed by atoms with van der Waals surface area (Å²) >= 11 is 0. The van der Waals surface area contributed by atoms with Crippen LogP contribution < -0.4 is 11.1 Å². The molecule has 168 valence electrons. The van der Waals surface area contributed by atoms with E-state index in [4.69, 9.17) is 5.73 Å². The van der Waals surface area contributed by atoms with E-state index in [0.717, 1.165) is 31.5 Å². The highest BCUT2D eigenvalue weighted by atomic mass is 16.2. The largest absolute Gasteiger partial charge is 0.326 e. The second kappa shape index (κ2) is 8.71. The Labute approximate surface area is 184 Å². The Hall–Kier alpha value is -2.25. The molecule has 3 amide bonds. The number of hydrogen-bond acceptors (Lipinski definition) is 5. The molecule has 0 saturated carbocycles. The van der Waals surface area contributed by atoms with E-state index < -0.39 is 6.04 Å². The number of amides is 3. The lowest BCUT2D eigenvalue weighted by atomic mass is 9.91. The number of carbonyl (C=O) groups is 3. The molecule has 2 unspecified atom stereocenters. The van der Waals surface area contributed by atoms with Crippen molar-refractivity contribution in [1.82, 2.24) is 15.1 Å². The van der Waals surface area contributed by atoms with Crippen LogP contribution in [0.2, 0.25) is 0 Å². The number of piperidine rings is 2. The molecule has 0 aliphatic carbocycles. The average Bonchev–Trinajstić information content (AvgIpc) is 3.02. The first-order chi connectivity index (χ1) is 14.7.